The third-order valence-corrected chi connectivity index (χ3v) is 2.85. The maximum atomic E-state index is 12.1. The lowest BCUT2D eigenvalue weighted by Crippen LogP contribution is -2.22. The summed E-state index contributed by atoms with van der Waals surface area (Å²) in [5, 5.41) is 11.6. The number of alkyl halides is 3. The first kappa shape index (κ1) is 20.6. The summed E-state index contributed by atoms with van der Waals surface area (Å²) in [5.41, 5.74) is 7.53. The van der Waals surface area contributed by atoms with Crippen molar-refractivity contribution in [3.05, 3.63) is 59.7 Å². The van der Waals surface area contributed by atoms with Crippen molar-refractivity contribution in [2.45, 2.75) is 12.9 Å². The van der Waals surface area contributed by atoms with Gasteiger partial charge in [-0.1, -0.05) is 12.1 Å². The van der Waals surface area contributed by atoms with Crippen LogP contribution in [0.15, 0.2) is 53.5 Å². The minimum absolute atomic E-state index is 0. The fourth-order valence-electron chi connectivity index (χ4n) is 1.84. The number of nitrogens with one attached hydrogen (secondary N) is 1. The highest BCUT2D eigenvalue weighted by molar-refractivity contribution is 14.0. The molecule has 0 bridgehead atoms. The van der Waals surface area contributed by atoms with Gasteiger partial charge in [0.15, 0.2) is 5.96 Å². The molecule has 9 heteroatoms. The average molecular weight is 462 g/mol. The molecule has 0 aromatic heterocycles. The van der Waals surface area contributed by atoms with Gasteiger partial charge in [-0.25, -0.2) is 4.99 Å². The van der Waals surface area contributed by atoms with E-state index < -0.39 is 6.36 Å². The van der Waals surface area contributed by atoms with Crippen LogP contribution in [0.3, 0.4) is 0 Å². The Morgan fingerprint density at radius 2 is 1.88 bits per heavy atom. The molecular formula is C16H14F3IN4O. The van der Waals surface area contributed by atoms with Crippen LogP contribution in [0, 0.1) is 11.3 Å². The molecule has 0 unspecified atom stereocenters. The van der Waals surface area contributed by atoms with Crippen LogP contribution in [0.25, 0.3) is 0 Å². The van der Waals surface area contributed by atoms with E-state index in [2.05, 4.69) is 15.0 Å². The summed E-state index contributed by atoms with van der Waals surface area (Å²) in [6.45, 7) is 0.267. The normalized spacial score (nSPS) is 11.2. The van der Waals surface area contributed by atoms with E-state index >= 15 is 0 Å². The zero-order valence-electron chi connectivity index (χ0n) is 12.7. The monoisotopic (exact) mass is 462 g/mol. The minimum Gasteiger partial charge on any atom is -0.406 e. The van der Waals surface area contributed by atoms with Gasteiger partial charge in [-0.3, -0.25) is 0 Å². The zero-order valence-corrected chi connectivity index (χ0v) is 15.1. The Balaban J connectivity index is 0.00000312. The highest BCUT2D eigenvalue weighted by Crippen LogP contribution is 2.23. The molecule has 0 heterocycles. The van der Waals surface area contributed by atoms with Crippen LogP contribution < -0.4 is 15.8 Å². The molecule has 2 rings (SSSR count). The number of nitrogens with zero attached hydrogens (tertiary/aromatic N) is 2. The summed E-state index contributed by atoms with van der Waals surface area (Å²) in [4.78, 5) is 4.11. The summed E-state index contributed by atoms with van der Waals surface area (Å²) in [6, 6.07) is 14.1. The van der Waals surface area contributed by atoms with Gasteiger partial charge in [0.25, 0.3) is 0 Å². The molecule has 0 fully saturated rings. The number of rotatable bonds is 4. The van der Waals surface area contributed by atoms with Crippen LogP contribution in [-0.4, -0.2) is 12.3 Å². The van der Waals surface area contributed by atoms with Crippen LogP contribution in [0.1, 0.15) is 11.1 Å². The first-order valence-corrected chi connectivity index (χ1v) is 6.77. The number of guanidine groups is 1. The van der Waals surface area contributed by atoms with Crippen molar-refractivity contribution >= 4 is 35.6 Å². The minimum atomic E-state index is -4.73. The van der Waals surface area contributed by atoms with E-state index in [4.69, 9.17) is 11.0 Å². The molecule has 2 aromatic rings. The second-order valence-electron chi connectivity index (χ2n) is 4.71. The predicted molar refractivity (Wildman–Crippen MR) is 98.6 cm³/mol. The Hall–Kier alpha value is -2.48. The smallest absolute Gasteiger partial charge is 0.406 e. The molecule has 25 heavy (non-hydrogen) atoms. The molecule has 0 atom stereocenters. The van der Waals surface area contributed by atoms with Crippen molar-refractivity contribution in [2.75, 3.05) is 5.32 Å². The van der Waals surface area contributed by atoms with Crippen LogP contribution in [-0.2, 0) is 6.54 Å². The van der Waals surface area contributed by atoms with E-state index in [9.17, 15) is 13.2 Å². The van der Waals surface area contributed by atoms with Crippen molar-refractivity contribution in [1.29, 1.82) is 5.26 Å². The van der Waals surface area contributed by atoms with Crippen LogP contribution >= 0.6 is 24.0 Å². The van der Waals surface area contributed by atoms with Gasteiger partial charge in [-0.15, -0.1) is 37.1 Å². The van der Waals surface area contributed by atoms with E-state index in [1.54, 1.807) is 24.3 Å². The van der Waals surface area contributed by atoms with Gasteiger partial charge < -0.3 is 15.8 Å². The van der Waals surface area contributed by atoms with Crippen molar-refractivity contribution in [1.82, 2.24) is 0 Å². The maximum absolute atomic E-state index is 12.1. The number of hydrogen-bond donors (Lipinski definition) is 2. The molecule has 0 aliphatic heterocycles. The van der Waals surface area contributed by atoms with Gasteiger partial charge in [-0.05, 0) is 42.0 Å². The van der Waals surface area contributed by atoms with Crippen molar-refractivity contribution in [2.24, 2.45) is 10.7 Å². The van der Waals surface area contributed by atoms with Gasteiger partial charge in [-0.2, -0.15) is 5.26 Å². The Bertz CT molecular complexity index is 770. The Morgan fingerprint density at radius 3 is 2.48 bits per heavy atom. The summed E-state index contributed by atoms with van der Waals surface area (Å²) in [5.74, 6) is -0.223. The lowest BCUT2D eigenvalue weighted by atomic mass is 10.1. The number of anilines is 1. The lowest BCUT2D eigenvalue weighted by molar-refractivity contribution is -0.274. The molecule has 132 valence electrons. The first-order chi connectivity index (χ1) is 11.4. The Kier molecular flexibility index (Phi) is 7.50. The highest BCUT2D eigenvalue weighted by atomic mass is 127. The summed E-state index contributed by atoms with van der Waals surface area (Å²) >= 11 is 0. The molecular weight excluding hydrogens is 448 g/mol. The number of hydrogen-bond acceptors (Lipinski definition) is 3. The fourth-order valence-corrected chi connectivity index (χ4v) is 1.84. The van der Waals surface area contributed by atoms with E-state index in [0.29, 0.717) is 11.3 Å². The van der Waals surface area contributed by atoms with Crippen molar-refractivity contribution in [3.8, 4) is 11.8 Å². The number of benzene rings is 2. The average Bonchev–Trinajstić information content (AvgIpc) is 2.54. The van der Waals surface area contributed by atoms with Gasteiger partial charge in [0, 0.05) is 5.69 Å². The molecule has 0 radical (unpaired) electrons. The molecule has 0 aliphatic rings. The van der Waals surface area contributed by atoms with Gasteiger partial charge in [0.05, 0.1) is 18.2 Å². The molecule has 0 saturated carbocycles. The molecule has 0 spiro atoms. The summed E-state index contributed by atoms with van der Waals surface area (Å²) < 4.78 is 40.0. The second kappa shape index (κ2) is 9.12. The van der Waals surface area contributed by atoms with Gasteiger partial charge in [0.1, 0.15) is 5.75 Å². The van der Waals surface area contributed by atoms with Crippen molar-refractivity contribution in [3.63, 3.8) is 0 Å². The van der Waals surface area contributed by atoms with E-state index in [0.717, 1.165) is 5.56 Å². The summed E-state index contributed by atoms with van der Waals surface area (Å²) in [7, 11) is 0. The number of ether oxygens (including phenoxy) is 1. The van der Waals surface area contributed by atoms with Gasteiger partial charge >= 0.3 is 6.36 Å². The molecule has 0 saturated heterocycles. The SMILES string of the molecule is I.N#Cc1cccc(CN=C(N)Nc2ccc(OC(F)(F)F)cc2)c1. The molecule has 3 N–H and O–H groups in total. The van der Waals surface area contributed by atoms with E-state index in [1.807, 2.05) is 6.07 Å². The zero-order chi connectivity index (χ0) is 17.6. The topological polar surface area (TPSA) is 83.4 Å². The molecule has 2 aromatic carbocycles. The lowest BCUT2D eigenvalue weighted by Gasteiger charge is -2.10. The number of halogens is 4. The molecule has 5 nitrogen and oxygen atoms in total. The maximum Gasteiger partial charge on any atom is 0.573 e. The predicted octanol–water partition coefficient (Wildman–Crippen LogP) is 4.00. The Labute approximate surface area is 159 Å². The number of nitrogens with two attached hydrogens (primary N) is 1. The summed E-state index contributed by atoms with van der Waals surface area (Å²) in [6.07, 6.45) is -4.73. The third kappa shape index (κ3) is 7.30. The van der Waals surface area contributed by atoms with Crippen LogP contribution in [0.5, 0.6) is 5.75 Å². The van der Waals surface area contributed by atoms with E-state index in [-0.39, 0.29) is 42.2 Å². The molecule has 0 amide bonds. The standard InChI is InChI=1S/C16H13F3N4O.HI/c17-16(18,19)24-14-6-4-13(5-7-14)23-15(21)22-10-12-3-1-2-11(8-12)9-20;/h1-8H,10H2,(H3,21,22,23);1H. The molecule has 0 aliphatic carbocycles. The van der Waals surface area contributed by atoms with Crippen molar-refractivity contribution < 1.29 is 17.9 Å². The highest BCUT2D eigenvalue weighted by Gasteiger charge is 2.30. The van der Waals surface area contributed by atoms with Crippen LogP contribution in [0.2, 0.25) is 0 Å². The second-order valence-corrected chi connectivity index (χ2v) is 4.71. The van der Waals surface area contributed by atoms with E-state index in [1.165, 1.54) is 24.3 Å². The Morgan fingerprint density at radius 1 is 1.20 bits per heavy atom. The quantitative estimate of drug-likeness (QED) is 0.409. The first-order valence-electron chi connectivity index (χ1n) is 6.77. The largest absolute Gasteiger partial charge is 0.573 e. The number of aliphatic imine (C=N–C) groups is 1. The third-order valence-electron chi connectivity index (χ3n) is 2.85. The number of nitriles is 1. The fraction of sp³-hybridized carbons (Fsp3) is 0.125. The van der Waals surface area contributed by atoms with Gasteiger partial charge in [0.2, 0.25) is 0 Å². The van der Waals surface area contributed by atoms with Crippen LogP contribution in [0.4, 0.5) is 18.9 Å².